The van der Waals surface area contributed by atoms with Gasteiger partial charge in [0.05, 0.1) is 6.42 Å². The van der Waals surface area contributed by atoms with Gasteiger partial charge in [0.1, 0.15) is 24.0 Å². The molecule has 2 aromatic rings. The van der Waals surface area contributed by atoms with Gasteiger partial charge < -0.3 is 49.9 Å². The van der Waals surface area contributed by atoms with Crippen LogP contribution < -0.4 is 49.9 Å². The van der Waals surface area contributed by atoms with E-state index in [-0.39, 0.29) is 68.5 Å². The van der Waals surface area contributed by atoms with Crippen molar-refractivity contribution in [3.05, 3.63) is 71.3 Å². The molecular formula is C34H52N12O4. The van der Waals surface area contributed by atoms with E-state index in [9.17, 15) is 19.2 Å². The van der Waals surface area contributed by atoms with Gasteiger partial charge in [-0.05, 0) is 42.7 Å². The summed E-state index contributed by atoms with van der Waals surface area (Å²) in [5, 5.41) is 18.8. The summed E-state index contributed by atoms with van der Waals surface area (Å²) in [7, 11) is 0. The molecule has 50 heavy (non-hydrogen) atoms. The Morgan fingerprint density at radius 2 is 1.28 bits per heavy atom. The molecule has 4 amide bonds. The fourth-order valence-electron chi connectivity index (χ4n) is 4.90. The van der Waals surface area contributed by atoms with Crippen LogP contribution in [0.3, 0.4) is 0 Å². The number of amides is 4. The van der Waals surface area contributed by atoms with Crippen molar-refractivity contribution < 1.29 is 19.2 Å². The molecule has 0 spiro atoms. The van der Waals surface area contributed by atoms with Crippen molar-refractivity contribution in [1.82, 2.24) is 21.3 Å². The van der Waals surface area contributed by atoms with E-state index in [0.29, 0.717) is 24.8 Å². The van der Waals surface area contributed by atoms with Crippen LogP contribution in [0.1, 0.15) is 62.6 Å². The Morgan fingerprint density at radius 3 is 1.80 bits per heavy atom. The average molecular weight is 693 g/mol. The molecule has 0 aromatic heterocycles. The Labute approximate surface area is 293 Å². The van der Waals surface area contributed by atoms with Gasteiger partial charge in [-0.3, -0.25) is 34.6 Å². The number of benzene rings is 2. The van der Waals surface area contributed by atoms with Crippen molar-refractivity contribution in [3.8, 4) is 0 Å². The van der Waals surface area contributed by atoms with Gasteiger partial charge in [0.25, 0.3) is 0 Å². The number of nitrogens with two attached hydrogens (primary N) is 5. The second kappa shape index (κ2) is 21.3. The van der Waals surface area contributed by atoms with Crippen molar-refractivity contribution >= 4 is 41.4 Å². The summed E-state index contributed by atoms with van der Waals surface area (Å²) in [4.78, 5) is 61.7. The van der Waals surface area contributed by atoms with Crippen molar-refractivity contribution in [2.75, 3.05) is 13.1 Å². The second-order valence-electron chi connectivity index (χ2n) is 11.9. The fraction of sp³-hybridized carbons (Fsp3) is 0.441. The maximum Gasteiger partial charge on any atom is 0.243 e. The lowest BCUT2D eigenvalue weighted by atomic mass is 9.96. The van der Waals surface area contributed by atoms with Crippen LogP contribution in [0.2, 0.25) is 0 Å². The molecular weight excluding hydrogens is 640 g/mol. The molecule has 0 saturated heterocycles. The summed E-state index contributed by atoms with van der Waals surface area (Å²) in [6.45, 7) is 4.33. The SMILES string of the molecule is CC[C@H](C)[C@H](NC(=O)[C@H](CCCN=C(N)N)NC(=O)Cc1ccccc1)C(=O)N[C@@H](CCCN=C(N)N)C(=O)NCc1ccc(C(=N)N)cc1. The van der Waals surface area contributed by atoms with Crippen molar-refractivity contribution in [2.45, 2.75) is 77.0 Å². The molecule has 16 nitrogen and oxygen atoms in total. The second-order valence-corrected chi connectivity index (χ2v) is 11.9. The Hall–Kier alpha value is -5.67. The molecule has 272 valence electrons. The van der Waals surface area contributed by atoms with Crippen LogP contribution in [0.4, 0.5) is 0 Å². The zero-order valence-corrected chi connectivity index (χ0v) is 28.8. The van der Waals surface area contributed by atoms with Crippen LogP contribution in [0.15, 0.2) is 64.6 Å². The standard InChI is InChI=1S/C34H52N12O4/c1-3-21(2)28(46-31(49)26(12-8-18-42-34(39)40)44-27(47)19-22-9-5-4-6-10-22)32(50)45-25(11-7-17-41-33(37)38)30(48)43-20-23-13-15-24(16-14-23)29(35)36/h4-6,9-10,13-16,21,25-26,28H,3,7-8,11-12,17-20H2,1-2H3,(H3,35,36)(H,43,48)(H,44,47)(H,45,50)(H,46,49)(H4,37,38,41)(H4,39,40,42)/t21-,25-,26-,28-/m0/s1. The normalized spacial score (nSPS) is 13.0. The molecule has 2 aromatic carbocycles. The van der Waals surface area contributed by atoms with E-state index in [1.165, 1.54) is 0 Å². The Balaban J connectivity index is 2.21. The van der Waals surface area contributed by atoms with Crippen LogP contribution >= 0.6 is 0 Å². The van der Waals surface area contributed by atoms with Crippen molar-refractivity contribution in [1.29, 1.82) is 5.41 Å². The smallest absolute Gasteiger partial charge is 0.243 e. The van der Waals surface area contributed by atoms with E-state index in [0.717, 1.165) is 11.1 Å². The first-order valence-electron chi connectivity index (χ1n) is 16.6. The van der Waals surface area contributed by atoms with E-state index in [4.69, 9.17) is 34.1 Å². The number of carbonyl (C=O) groups excluding carboxylic acids is 4. The minimum Gasteiger partial charge on any atom is -0.384 e. The summed E-state index contributed by atoms with van der Waals surface area (Å²) in [6.07, 6.45) is 1.78. The first-order chi connectivity index (χ1) is 23.8. The Bertz CT molecular complexity index is 1470. The van der Waals surface area contributed by atoms with E-state index < -0.39 is 35.8 Å². The van der Waals surface area contributed by atoms with Crippen molar-refractivity contribution in [3.63, 3.8) is 0 Å². The van der Waals surface area contributed by atoms with E-state index >= 15 is 0 Å². The zero-order valence-electron chi connectivity index (χ0n) is 28.8. The largest absolute Gasteiger partial charge is 0.384 e. The van der Waals surface area contributed by atoms with Gasteiger partial charge in [-0.1, -0.05) is 74.9 Å². The number of carbonyl (C=O) groups is 4. The third-order valence-electron chi connectivity index (χ3n) is 7.91. The lowest BCUT2D eigenvalue weighted by molar-refractivity contribution is -0.134. The zero-order chi connectivity index (χ0) is 37.1. The molecule has 0 radical (unpaired) electrons. The third kappa shape index (κ3) is 15.0. The monoisotopic (exact) mass is 692 g/mol. The number of aliphatic imine (C=N–C) groups is 2. The minimum atomic E-state index is -1.02. The molecule has 0 bridgehead atoms. The first kappa shape index (κ1) is 40.5. The highest BCUT2D eigenvalue weighted by molar-refractivity contribution is 5.95. The highest BCUT2D eigenvalue weighted by Gasteiger charge is 2.32. The van der Waals surface area contributed by atoms with Crippen LogP contribution in [0, 0.1) is 11.3 Å². The minimum absolute atomic E-state index is 0.0608. The number of rotatable bonds is 21. The summed E-state index contributed by atoms with van der Waals surface area (Å²) < 4.78 is 0. The number of amidine groups is 1. The molecule has 0 aliphatic heterocycles. The topological polar surface area (TPSA) is 295 Å². The maximum absolute atomic E-state index is 13.8. The molecule has 4 atom stereocenters. The lowest BCUT2D eigenvalue weighted by Gasteiger charge is -2.28. The predicted octanol–water partition coefficient (Wildman–Crippen LogP) is -0.563. The Morgan fingerprint density at radius 1 is 0.720 bits per heavy atom. The van der Waals surface area contributed by atoms with Gasteiger partial charge in [0.15, 0.2) is 11.9 Å². The van der Waals surface area contributed by atoms with Crippen LogP contribution in [0.5, 0.6) is 0 Å². The van der Waals surface area contributed by atoms with Crippen molar-refractivity contribution in [2.24, 2.45) is 44.6 Å². The molecule has 0 fully saturated rings. The first-order valence-corrected chi connectivity index (χ1v) is 16.6. The van der Waals surface area contributed by atoms with Gasteiger partial charge in [0, 0.05) is 25.2 Å². The quantitative estimate of drug-likeness (QED) is 0.0455. The number of guanidine groups is 2. The summed E-state index contributed by atoms with van der Waals surface area (Å²) >= 11 is 0. The molecule has 2 rings (SSSR count). The Kier molecular flexibility index (Phi) is 17.3. The highest BCUT2D eigenvalue weighted by atomic mass is 16.2. The predicted molar refractivity (Wildman–Crippen MR) is 195 cm³/mol. The molecule has 15 N–H and O–H groups in total. The number of hydrogen-bond acceptors (Lipinski definition) is 7. The van der Waals surface area contributed by atoms with Crippen LogP contribution in [-0.4, -0.2) is 72.6 Å². The summed E-state index contributed by atoms with van der Waals surface area (Å²) in [6, 6.07) is 13.0. The third-order valence-corrected chi connectivity index (χ3v) is 7.91. The van der Waals surface area contributed by atoms with Gasteiger partial charge in [-0.2, -0.15) is 0 Å². The molecule has 0 unspecified atom stereocenters. The molecule has 16 heteroatoms. The van der Waals surface area contributed by atoms with E-state index in [2.05, 4.69) is 31.3 Å². The maximum atomic E-state index is 13.8. The molecule has 0 aliphatic rings. The number of nitrogens with one attached hydrogen (secondary N) is 5. The molecule has 0 aliphatic carbocycles. The highest BCUT2D eigenvalue weighted by Crippen LogP contribution is 2.12. The summed E-state index contributed by atoms with van der Waals surface area (Å²) in [5.41, 5.74) is 29.4. The summed E-state index contributed by atoms with van der Waals surface area (Å²) in [5.74, 6) is -2.50. The fourth-order valence-corrected chi connectivity index (χ4v) is 4.90. The lowest BCUT2D eigenvalue weighted by Crippen LogP contribution is -2.58. The van der Waals surface area contributed by atoms with Crippen LogP contribution in [-0.2, 0) is 32.1 Å². The average Bonchev–Trinajstić information content (AvgIpc) is 3.08. The van der Waals surface area contributed by atoms with Gasteiger partial charge in [-0.25, -0.2) is 0 Å². The number of nitrogen functional groups attached to an aromatic ring is 1. The van der Waals surface area contributed by atoms with E-state index in [1.807, 2.05) is 44.2 Å². The van der Waals surface area contributed by atoms with E-state index in [1.54, 1.807) is 24.3 Å². The van der Waals surface area contributed by atoms with Crippen LogP contribution in [0.25, 0.3) is 0 Å². The molecule has 0 saturated carbocycles. The number of nitrogens with zero attached hydrogens (tertiary/aromatic N) is 2. The van der Waals surface area contributed by atoms with Gasteiger partial charge >= 0.3 is 0 Å². The number of hydrogen-bond donors (Lipinski definition) is 10. The molecule has 0 heterocycles. The van der Waals surface area contributed by atoms with Gasteiger partial charge in [0.2, 0.25) is 23.6 Å². The van der Waals surface area contributed by atoms with Gasteiger partial charge in [-0.15, -0.1) is 0 Å².